The van der Waals surface area contributed by atoms with Crippen molar-refractivity contribution in [2.24, 2.45) is 0 Å². The van der Waals surface area contributed by atoms with Crippen molar-refractivity contribution in [1.29, 1.82) is 0 Å². The first-order chi connectivity index (χ1) is 13.8. The minimum Gasteiger partial charge on any atom is -0.320 e. The van der Waals surface area contributed by atoms with Gasteiger partial charge in [0, 0.05) is 18.4 Å². The summed E-state index contributed by atoms with van der Waals surface area (Å²) in [5.41, 5.74) is 2.50. The summed E-state index contributed by atoms with van der Waals surface area (Å²) >= 11 is 12.1. The van der Waals surface area contributed by atoms with Gasteiger partial charge in [-0.1, -0.05) is 23.2 Å². The molecule has 156 valence electrons. The summed E-state index contributed by atoms with van der Waals surface area (Å²) in [5.74, 6) is -0.748. The lowest BCUT2D eigenvalue weighted by molar-refractivity contribution is 0.0939. The van der Waals surface area contributed by atoms with Crippen LogP contribution in [-0.2, 0) is 0 Å². The second-order valence-electron chi connectivity index (χ2n) is 6.92. The molecule has 0 aliphatic carbocycles. The number of hydrogen-bond donors (Lipinski definition) is 1. The van der Waals surface area contributed by atoms with Gasteiger partial charge >= 0.3 is 0 Å². The molecule has 0 bridgehead atoms. The van der Waals surface area contributed by atoms with Crippen molar-refractivity contribution in [3.8, 4) is 0 Å². The fourth-order valence-electron chi connectivity index (χ4n) is 3.33. The molecule has 1 aliphatic rings. The van der Waals surface area contributed by atoms with Gasteiger partial charge in [0.15, 0.2) is 0 Å². The first-order valence-electron chi connectivity index (χ1n) is 8.92. The van der Waals surface area contributed by atoms with Crippen LogP contribution >= 0.6 is 36.7 Å². The lowest BCUT2D eigenvalue weighted by Gasteiger charge is -2.32. The molecule has 1 aliphatic heterocycles. The molecular formula is C20H19Cl2N5O2S. The predicted octanol–water partition coefficient (Wildman–Crippen LogP) is 4.48. The van der Waals surface area contributed by atoms with E-state index in [2.05, 4.69) is 15.4 Å². The zero-order valence-corrected chi connectivity index (χ0v) is 18.7. The molecule has 1 atom stereocenters. The minimum atomic E-state index is -0.421. The molecule has 0 saturated heterocycles. The monoisotopic (exact) mass is 463 g/mol. The van der Waals surface area contributed by atoms with Crippen LogP contribution in [0.3, 0.4) is 0 Å². The van der Waals surface area contributed by atoms with Gasteiger partial charge in [-0.05, 0) is 43.7 Å². The van der Waals surface area contributed by atoms with Crippen molar-refractivity contribution in [3.05, 3.63) is 69.7 Å². The highest BCUT2D eigenvalue weighted by Gasteiger charge is 2.35. The SMILES string of the molecule is Cc1cncc(NC(=O)c2cnn3c2C(=O)N(c2ccc(Cl)c(Cl)c2)C[C@@H]3C)c1.S. The molecule has 0 saturated carbocycles. The average Bonchev–Trinajstić information content (AvgIpc) is 3.13. The largest absolute Gasteiger partial charge is 0.320 e. The highest BCUT2D eigenvalue weighted by molar-refractivity contribution is 7.59. The van der Waals surface area contributed by atoms with E-state index < -0.39 is 5.91 Å². The van der Waals surface area contributed by atoms with Crippen molar-refractivity contribution < 1.29 is 9.59 Å². The molecule has 7 nitrogen and oxygen atoms in total. The number of pyridine rings is 1. The topological polar surface area (TPSA) is 80.1 Å². The molecule has 0 fully saturated rings. The molecular weight excluding hydrogens is 445 g/mol. The zero-order chi connectivity index (χ0) is 20.7. The lowest BCUT2D eigenvalue weighted by Crippen LogP contribution is -2.43. The number of aryl methyl sites for hydroxylation is 1. The van der Waals surface area contributed by atoms with Gasteiger partial charge in [0.25, 0.3) is 11.8 Å². The fourth-order valence-corrected chi connectivity index (χ4v) is 3.62. The van der Waals surface area contributed by atoms with Gasteiger partial charge in [-0.25, -0.2) is 0 Å². The number of aromatic nitrogens is 3. The number of hydrogen-bond acceptors (Lipinski definition) is 4. The van der Waals surface area contributed by atoms with E-state index in [0.29, 0.717) is 28.0 Å². The number of nitrogens with zero attached hydrogens (tertiary/aromatic N) is 4. The van der Waals surface area contributed by atoms with E-state index >= 15 is 0 Å². The van der Waals surface area contributed by atoms with E-state index in [-0.39, 0.29) is 36.7 Å². The Morgan fingerprint density at radius 2 is 1.93 bits per heavy atom. The summed E-state index contributed by atoms with van der Waals surface area (Å²) in [6.07, 6.45) is 4.66. The summed E-state index contributed by atoms with van der Waals surface area (Å²) in [4.78, 5) is 31.7. The Bertz CT molecular complexity index is 1130. The van der Waals surface area contributed by atoms with E-state index in [1.807, 2.05) is 13.8 Å². The summed E-state index contributed by atoms with van der Waals surface area (Å²) in [6.45, 7) is 4.21. The maximum absolute atomic E-state index is 13.2. The van der Waals surface area contributed by atoms with Gasteiger partial charge in [0.1, 0.15) is 5.69 Å². The number of rotatable bonds is 3. The van der Waals surface area contributed by atoms with Crippen molar-refractivity contribution in [3.63, 3.8) is 0 Å². The van der Waals surface area contributed by atoms with E-state index in [4.69, 9.17) is 23.2 Å². The van der Waals surface area contributed by atoms with Crippen molar-refractivity contribution in [1.82, 2.24) is 14.8 Å². The van der Waals surface area contributed by atoms with Crippen molar-refractivity contribution in [2.45, 2.75) is 19.9 Å². The van der Waals surface area contributed by atoms with Crippen LogP contribution in [-0.4, -0.2) is 33.1 Å². The molecule has 4 rings (SSSR count). The van der Waals surface area contributed by atoms with Crippen LogP contribution < -0.4 is 10.2 Å². The van der Waals surface area contributed by atoms with E-state index in [1.54, 1.807) is 46.2 Å². The molecule has 0 spiro atoms. The minimum absolute atomic E-state index is 0. The van der Waals surface area contributed by atoms with Crippen LogP contribution in [0.5, 0.6) is 0 Å². The second-order valence-corrected chi connectivity index (χ2v) is 7.73. The van der Waals surface area contributed by atoms with Gasteiger partial charge in [0.2, 0.25) is 0 Å². The van der Waals surface area contributed by atoms with Gasteiger partial charge in [0.05, 0.1) is 39.7 Å². The fraction of sp³-hybridized carbons (Fsp3) is 0.200. The first kappa shape index (κ1) is 22.1. The van der Waals surface area contributed by atoms with Crippen LogP contribution in [0.15, 0.2) is 42.9 Å². The summed E-state index contributed by atoms with van der Waals surface area (Å²) in [5, 5.41) is 7.81. The smallest absolute Gasteiger partial charge is 0.277 e. The maximum atomic E-state index is 13.2. The number of carbonyl (C=O) groups excluding carboxylic acids is 2. The van der Waals surface area contributed by atoms with E-state index in [1.165, 1.54) is 6.20 Å². The molecule has 0 unspecified atom stereocenters. The number of amides is 2. The quantitative estimate of drug-likeness (QED) is 0.620. The summed E-state index contributed by atoms with van der Waals surface area (Å²) in [7, 11) is 0. The Balaban J connectivity index is 0.00000256. The number of fused-ring (bicyclic) bond motifs is 1. The summed E-state index contributed by atoms with van der Waals surface area (Å²) < 4.78 is 1.58. The summed E-state index contributed by atoms with van der Waals surface area (Å²) in [6, 6.07) is 6.68. The second kappa shape index (κ2) is 8.67. The third-order valence-electron chi connectivity index (χ3n) is 4.70. The van der Waals surface area contributed by atoms with Gasteiger partial charge in [-0.15, -0.1) is 0 Å². The highest BCUT2D eigenvalue weighted by Crippen LogP contribution is 2.32. The Morgan fingerprint density at radius 3 is 2.63 bits per heavy atom. The third-order valence-corrected chi connectivity index (χ3v) is 5.44. The number of anilines is 2. The van der Waals surface area contributed by atoms with Crippen molar-refractivity contribution >= 4 is 59.9 Å². The van der Waals surface area contributed by atoms with Gasteiger partial charge in [-0.2, -0.15) is 18.6 Å². The molecule has 2 aromatic heterocycles. The maximum Gasteiger partial charge on any atom is 0.277 e. The Kier molecular flexibility index (Phi) is 6.40. The lowest BCUT2D eigenvalue weighted by atomic mass is 10.1. The standard InChI is InChI=1S/C20H17Cl2N5O2.H2S/c1-11-5-13(8-23-7-11)25-19(28)15-9-24-27-12(2)10-26(20(29)18(15)27)14-3-4-16(21)17(22)6-14;/h3-9,12H,10H2,1-2H3,(H,25,28);1H2/t12-;/m0./s1. The Morgan fingerprint density at radius 1 is 1.17 bits per heavy atom. The zero-order valence-electron chi connectivity index (χ0n) is 16.2. The Labute approximate surface area is 190 Å². The van der Waals surface area contributed by atoms with Crippen LogP contribution in [0.1, 0.15) is 39.4 Å². The third kappa shape index (κ3) is 4.03. The number of halogens is 2. The molecule has 3 heterocycles. The molecule has 3 aromatic rings. The van der Waals surface area contributed by atoms with Gasteiger partial charge in [-0.3, -0.25) is 19.3 Å². The van der Waals surface area contributed by atoms with Crippen LogP contribution in [0.2, 0.25) is 10.0 Å². The molecule has 2 amide bonds. The number of carbonyl (C=O) groups is 2. The molecule has 0 radical (unpaired) electrons. The van der Waals surface area contributed by atoms with Crippen molar-refractivity contribution in [2.75, 3.05) is 16.8 Å². The number of nitrogens with one attached hydrogen (secondary N) is 1. The molecule has 1 N–H and O–H groups in total. The van der Waals surface area contributed by atoms with Crippen LogP contribution in [0, 0.1) is 6.92 Å². The molecule has 1 aromatic carbocycles. The van der Waals surface area contributed by atoms with E-state index in [9.17, 15) is 9.59 Å². The highest BCUT2D eigenvalue weighted by atomic mass is 35.5. The Hall–Kier alpha value is -2.55. The van der Waals surface area contributed by atoms with Crippen LogP contribution in [0.25, 0.3) is 0 Å². The van der Waals surface area contributed by atoms with E-state index in [0.717, 1.165) is 5.56 Å². The molecule has 30 heavy (non-hydrogen) atoms. The van der Waals surface area contributed by atoms with Gasteiger partial charge < -0.3 is 10.2 Å². The normalized spacial score (nSPS) is 15.4. The average molecular weight is 464 g/mol. The first-order valence-corrected chi connectivity index (χ1v) is 9.68. The van der Waals surface area contributed by atoms with Crippen LogP contribution in [0.4, 0.5) is 11.4 Å². The number of benzene rings is 1. The predicted molar refractivity (Wildman–Crippen MR) is 122 cm³/mol. The molecule has 10 heteroatoms.